The van der Waals surface area contributed by atoms with Crippen molar-refractivity contribution >= 4 is 11.7 Å². The second-order valence-electron chi connectivity index (χ2n) is 8.45. The molecule has 0 bridgehead atoms. The number of rotatable bonds is 2. The molecule has 4 aromatic rings. The van der Waals surface area contributed by atoms with Gasteiger partial charge in [0.2, 0.25) is 0 Å². The van der Waals surface area contributed by atoms with E-state index in [9.17, 15) is 13.6 Å². The van der Waals surface area contributed by atoms with Crippen LogP contribution in [-0.2, 0) is 6.54 Å². The minimum absolute atomic E-state index is 0.233. The van der Waals surface area contributed by atoms with Crippen molar-refractivity contribution in [3.05, 3.63) is 107 Å². The van der Waals surface area contributed by atoms with Crippen LogP contribution in [0, 0.1) is 11.6 Å². The number of aromatic nitrogens is 1. The van der Waals surface area contributed by atoms with Crippen LogP contribution in [0.3, 0.4) is 0 Å². The Labute approximate surface area is 200 Å². The first-order chi connectivity index (χ1) is 17.1. The maximum absolute atomic E-state index is 14.3. The van der Waals surface area contributed by atoms with E-state index in [2.05, 4.69) is 5.32 Å². The number of ether oxygens (including phenoxy) is 2. The zero-order valence-corrected chi connectivity index (χ0v) is 18.6. The first-order valence-corrected chi connectivity index (χ1v) is 11.3. The Morgan fingerprint density at radius 3 is 2.49 bits per heavy atom. The minimum Gasteiger partial charge on any atom is -0.486 e. The normalized spacial score (nSPS) is 16.2. The van der Waals surface area contributed by atoms with E-state index in [1.54, 1.807) is 23.1 Å². The van der Waals surface area contributed by atoms with Gasteiger partial charge in [0.1, 0.15) is 24.8 Å². The van der Waals surface area contributed by atoms with Crippen LogP contribution >= 0.6 is 0 Å². The fraction of sp³-hybridized carbons (Fsp3) is 0.148. The van der Waals surface area contributed by atoms with Gasteiger partial charge in [-0.15, -0.1) is 0 Å². The summed E-state index contributed by atoms with van der Waals surface area (Å²) in [5, 5.41) is 2.93. The van der Waals surface area contributed by atoms with Gasteiger partial charge in [-0.05, 0) is 53.6 Å². The number of para-hydroxylation sites is 1. The van der Waals surface area contributed by atoms with E-state index >= 15 is 0 Å². The molecule has 3 heterocycles. The van der Waals surface area contributed by atoms with Gasteiger partial charge in [-0.25, -0.2) is 13.6 Å². The number of nitrogens with zero attached hydrogens (tertiary/aromatic N) is 2. The van der Waals surface area contributed by atoms with Crippen LogP contribution < -0.4 is 14.8 Å². The lowest BCUT2D eigenvalue weighted by Gasteiger charge is -2.31. The number of carbonyl (C=O) groups is 1. The molecule has 0 radical (unpaired) electrons. The third-order valence-corrected chi connectivity index (χ3v) is 6.22. The van der Waals surface area contributed by atoms with Crippen molar-refractivity contribution in [2.45, 2.75) is 12.6 Å². The Morgan fingerprint density at radius 1 is 0.886 bits per heavy atom. The molecule has 1 unspecified atom stereocenters. The molecule has 1 N–H and O–H groups in total. The Morgan fingerprint density at radius 2 is 1.66 bits per heavy atom. The predicted molar refractivity (Wildman–Crippen MR) is 126 cm³/mol. The maximum Gasteiger partial charge on any atom is 0.322 e. The molecule has 0 saturated heterocycles. The number of anilines is 1. The number of hydrogen-bond donors (Lipinski definition) is 1. The fourth-order valence-electron chi connectivity index (χ4n) is 4.74. The van der Waals surface area contributed by atoms with E-state index in [1.807, 2.05) is 47.2 Å². The van der Waals surface area contributed by atoms with Gasteiger partial charge >= 0.3 is 6.03 Å². The topological polar surface area (TPSA) is 55.7 Å². The summed E-state index contributed by atoms with van der Waals surface area (Å²) in [6, 6.07) is 18.8. The van der Waals surface area contributed by atoms with Crippen molar-refractivity contribution in [1.82, 2.24) is 9.47 Å². The van der Waals surface area contributed by atoms with Crippen LogP contribution in [0.2, 0.25) is 0 Å². The van der Waals surface area contributed by atoms with E-state index in [0.717, 1.165) is 23.0 Å². The molecular weight excluding hydrogens is 452 g/mol. The average Bonchev–Trinajstić information content (AvgIpc) is 3.27. The van der Waals surface area contributed by atoms with E-state index in [4.69, 9.17) is 9.47 Å². The summed E-state index contributed by atoms with van der Waals surface area (Å²) in [5.41, 5.74) is 3.40. The van der Waals surface area contributed by atoms with Gasteiger partial charge in [0.15, 0.2) is 11.5 Å². The summed E-state index contributed by atoms with van der Waals surface area (Å²) in [6.45, 7) is 1.13. The smallest absolute Gasteiger partial charge is 0.322 e. The molecule has 2 aliphatic rings. The fourth-order valence-corrected chi connectivity index (χ4v) is 4.74. The summed E-state index contributed by atoms with van der Waals surface area (Å²) in [7, 11) is 0. The molecule has 8 heteroatoms. The quantitative estimate of drug-likeness (QED) is 0.409. The zero-order chi connectivity index (χ0) is 23.9. The van der Waals surface area contributed by atoms with Crippen molar-refractivity contribution in [3.8, 4) is 17.2 Å². The number of carbonyl (C=O) groups excluding carboxylic acids is 1. The number of fused-ring (bicyclic) bond motifs is 4. The van der Waals surface area contributed by atoms with Gasteiger partial charge in [-0.3, -0.25) is 0 Å². The monoisotopic (exact) mass is 473 g/mol. The molecule has 6 rings (SSSR count). The van der Waals surface area contributed by atoms with Gasteiger partial charge in [-0.1, -0.05) is 18.2 Å². The van der Waals surface area contributed by atoms with Crippen molar-refractivity contribution in [2.24, 2.45) is 0 Å². The minimum atomic E-state index is -0.736. The van der Waals surface area contributed by atoms with Crippen molar-refractivity contribution in [3.63, 3.8) is 0 Å². The van der Waals surface area contributed by atoms with Crippen LogP contribution in [0.25, 0.3) is 5.69 Å². The van der Waals surface area contributed by atoms with Gasteiger partial charge < -0.3 is 24.3 Å². The van der Waals surface area contributed by atoms with Crippen LogP contribution in [0.1, 0.15) is 22.9 Å². The Kier molecular flexibility index (Phi) is 5.13. The lowest BCUT2D eigenvalue weighted by molar-refractivity contribution is 0.171. The second kappa shape index (κ2) is 8.47. The van der Waals surface area contributed by atoms with Crippen LogP contribution in [0.4, 0.5) is 19.3 Å². The molecule has 0 aliphatic carbocycles. The lowest BCUT2D eigenvalue weighted by atomic mass is 10.0. The highest BCUT2D eigenvalue weighted by Crippen LogP contribution is 2.38. The number of nitrogens with one attached hydrogen (secondary N) is 1. The summed E-state index contributed by atoms with van der Waals surface area (Å²) in [5.74, 6) is -0.240. The number of halogens is 2. The SMILES string of the molecule is O=C(Nc1ccc2c(c1)OCCO2)N1Cc2ccccc2-n2cccc2C1c1cc(F)cc(F)c1. The molecule has 0 saturated carbocycles. The number of amides is 2. The summed E-state index contributed by atoms with van der Waals surface area (Å²) in [6.07, 6.45) is 1.89. The first-order valence-electron chi connectivity index (χ1n) is 11.3. The van der Waals surface area contributed by atoms with Gasteiger partial charge in [0.25, 0.3) is 0 Å². The first kappa shape index (κ1) is 21.2. The van der Waals surface area contributed by atoms with Gasteiger partial charge in [-0.2, -0.15) is 0 Å². The zero-order valence-electron chi connectivity index (χ0n) is 18.6. The highest BCUT2D eigenvalue weighted by atomic mass is 19.1. The molecule has 2 amide bonds. The van der Waals surface area contributed by atoms with E-state index in [1.165, 1.54) is 12.1 Å². The molecular formula is C27H21F2N3O3. The molecule has 6 nitrogen and oxygen atoms in total. The predicted octanol–water partition coefficient (Wildman–Crippen LogP) is 5.66. The average molecular weight is 473 g/mol. The largest absolute Gasteiger partial charge is 0.486 e. The van der Waals surface area contributed by atoms with Crippen LogP contribution in [0.5, 0.6) is 11.5 Å². The molecule has 0 fully saturated rings. The number of hydrogen-bond acceptors (Lipinski definition) is 3. The summed E-state index contributed by atoms with van der Waals surface area (Å²) >= 11 is 0. The number of urea groups is 1. The lowest BCUT2D eigenvalue weighted by Crippen LogP contribution is -2.38. The third kappa shape index (κ3) is 3.86. The van der Waals surface area contributed by atoms with Crippen molar-refractivity contribution < 1.29 is 23.0 Å². The maximum atomic E-state index is 14.3. The molecule has 176 valence electrons. The molecule has 1 atom stereocenters. The summed E-state index contributed by atoms with van der Waals surface area (Å²) < 4.78 is 41.7. The van der Waals surface area contributed by atoms with Crippen LogP contribution in [0.15, 0.2) is 79.0 Å². The Hall–Kier alpha value is -4.33. The van der Waals surface area contributed by atoms with E-state index in [0.29, 0.717) is 36.0 Å². The molecule has 35 heavy (non-hydrogen) atoms. The molecule has 1 aromatic heterocycles. The van der Waals surface area contributed by atoms with Crippen LogP contribution in [-0.4, -0.2) is 28.7 Å². The molecule has 3 aromatic carbocycles. The standard InChI is InChI=1S/C27H21F2N3O3/c28-19-12-18(13-20(29)14-19)26-23-6-3-9-31(23)22-5-2-1-4-17(22)16-32(26)27(33)30-21-7-8-24-25(15-21)35-11-10-34-24/h1-9,12-15,26H,10-11,16H2,(H,30,33). The molecule has 2 aliphatic heterocycles. The molecule has 0 spiro atoms. The van der Waals surface area contributed by atoms with Crippen molar-refractivity contribution in [2.75, 3.05) is 18.5 Å². The highest BCUT2D eigenvalue weighted by Gasteiger charge is 2.33. The number of benzene rings is 3. The van der Waals surface area contributed by atoms with Gasteiger partial charge in [0.05, 0.1) is 18.3 Å². The highest BCUT2D eigenvalue weighted by molar-refractivity contribution is 5.90. The van der Waals surface area contributed by atoms with Gasteiger partial charge in [0, 0.05) is 29.7 Å². The third-order valence-electron chi connectivity index (χ3n) is 6.22. The summed E-state index contributed by atoms with van der Waals surface area (Å²) in [4.78, 5) is 15.3. The van der Waals surface area contributed by atoms with Crippen molar-refractivity contribution in [1.29, 1.82) is 0 Å². The van der Waals surface area contributed by atoms with E-state index < -0.39 is 23.7 Å². The Bertz CT molecular complexity index is 1410. The Balaban J connectivity index is 1.44. The second-order valence-corrected chi connectivity index (χ2v) is 8.45. The van der Waals surface area contributed by atoms with E-state index in [-0.39, 0.29) is 6.54 Å².